The van der Waals surface area contributed by atoms with Gasteiger partial charge in [0.05, 0.1) is 77.2 Å². The van der Waals surface area contributed by atoms with Crippen LogP contribution in [0.2, 0.25) is 0 Å². The van der Waals surface area contributed by atoms with E-state index in [1.165, 1.54) is 49.1 Å². The minimum absolute atomic E-state index is 0.00736. The Labute approximate surface area is 556 Å². The van der Waals surface area contributed by atoms with Gasteiger partial charge in [0.1, 0.15) is 26.4 Å². The monoisotopic (exact) mass is 1350 g/mol. The van der Waals surface area contributed by atoms with Crippen molar-refractivity contribution in [3.8, 4) is 0 Å². The SMILES string of the molecule is CC.CC.CC.CC.CCCOCCNC(=O)C(C)C(C)C(=O)O.CCCOCCOC(=O)CCC(=O)NC.CCOCCNC(=O)C(C)C(C)C(=O)O.CCOCCOC(=O)CCC(=O)NC.CNC(=O)CCC(=O)OCCO.CNC(=O)CCC(=O)OCCOC. The van der Waals surface area contributed by atoms with Crippen LogP contribution in [0.15, 0.2) is 0 Å². The molecule has 0 aromatic carbocycles. The summed E-state index contributed by atoms with van der Waals surface area (Å²) < 4.78 is 43.9. The van der Waals surface area contributed by atoms with Gasteiger partial charge in [-0.15, -0.1) is 0 Å². The van der Waals surface area contributed by atoms with Gasteiger partial charge >= 0.3 is 35.8 Å². The van der Waals surface area contributed by atoms with E-state index in [4.69, 9.17) is 48.5 Å². The topological polar surface area (TPSA) is 421 Å². The molecule has 0 aromatic rings. The number of carboxylic acid groups (broad SMARTS) is 2. The number of carboxylic acids is 2. The number of nitrogens with one attached hydrogen (secondary N) is 6. The van der Waals surface area contributed by atoms with Crippen LogP contribution in [0.1, 0.15) is 175 Å². The Kier molecular flexibility index (Phi) is 104. The predicted octanol–water partition coefficient (Wildman–Crippen LogP) is 4.81. The summed E-state index contributed by atoms with van der Waals surface area (Å²) in [4.78, 5) is 131. The van der Waals surface area contributed by atoms with Gasteiger partial charge in [-0.25, -0.2) is 0 Å². The van der Waals surface area contributed by atoms with E-state index in [0.717, 1.165) is 12.8 Å². The van der Waals surface area contributed by atoms with Crippen molar-refractivity contribution in [2.45, 2.75) is 175 Å². The third-order valence-electron chi connectivity index (χ3n) is 10.5. The van der Waals surface area contributed by atoms with Crippen molar-refractivity contribution in [3.63, 3.8) is 0 Å². The van der Waals surface area contributed by atoms with Crippen LogP contribution in [0.3, 0.4) is 0 Å². The van der Waals surface area contributed by atoms with Crippen molar-refractivity contribution in [2.24, 2.45) is 23.7 Å². The maximum Gasteiger partial charge on any atom is 0.307 e. The average Bonchev–Trinajstić information content (AvgIpc) is 3.18. The number of esters is 4. The van der Waals surface area contributed by atoms with Crippen molar-refractivity contribution in [1.82, 2.24) is 31.9 Å². The van der Waals surface area contributed by atoms with E-state index < -0.39 is 41.6 Å². The highest BCUT2D eigenvalue weighted by Gasteiger charge is 2.26. The predicted molar refractivity (Wildman–Crippen MR) is 355 cm³/mol. The largest absolute Gasteiger partial charge is 0.481 e. The standard InChI is InChI=1S/C11H21NO4.2C10H19NO4.C9H17NO4.C8H15NO4.C7H13NO4.4C2H6/c1-4-6-16-7-5-12-10(13)8(2)9(3)11(14)15;1-4-15-6-5-11-9(12)7(2)8(3)10(13)14;1-3-6-14-7-8-15-10(13)5-4-9(12)11-2;1-3-13-6-7-14-9(12)5-4-8(11)10-2;1-9-7(10)3-4-8(11)13-6-5-12-2;1-8-6(10)2-3-7(11)12-5-4-9;4*1-2/h8-9H,4-7H2,1-3H3,(H,12,13)(H,14,15);7-8H,4-6H2,1-3H3,(H,11,12)(H,13,14);3-8H2,1-2H3,(H,11,12);3-7H2,1-2H3,(H,10,11);3-6H2,1-2H3,(H,9,10);9H,2-5H2,1H3,(H,8,10);4*1-2H3. The number of amides is 6. The fourth-order valence-electron chi connectivity index (χ4n) is 4.96. The number of aliphatic carboxylic acids is 2. The first-order chi connectivity index (χ1) is 44.3. The molecule has 0 heterocycles. The highest BCUT2D eigenvalue weighted by Crippen LogP contribution is 2.11. The summed E-state index contributed by atoms with van der Waals surface area (Å²) in [7, 11) is 7.62. The zero-order valence-corrected chi connectivity index (χ0v) is 60.6. The second kappa shape index (κ2) is 89.6. The molecule has 9 N–H and O–H groups in total. The van der Waals surface area contributed by atoms with Crippen LogP contribution in [0.5, 0.6) is 0 Å². The van der Waals surface area contributed by atoms with E-state index >= 15 is 0 Å². The number of carbonyl (C=O) groups is 12. The van der Waals surface area contributed by atoms with Gasteiger partial charge in [0, 0.05) is 112 Å². The molecule has 0 aromatic heterocycles. The fourth-order valence-corrected chi connectivity index (χ4v) is 4.96. The van der Waals surface area contributed by atoms with Crippen molar-refractivity contribution in [2.75, 3.05) is 141 Å². The number of methoxy groups -OCH3 is 1. The molecule has 0 bridgehead atoms. The average molecular weight is 1350 g/mol. The summed E-state index contributed by atoms with van der Waals surface area (Å²) in [5.41, 5.74) is 0. The van der Waals surface area contributed by atoms with E-state index in [1.54, 1.807) is 13.8 Å². The van der Waals surface area contributed by atoms with Crippen LogP contribution >= 0.6 is 0 Å². The van der Waals surface area contributed by atoms with Gasteiger partial charge < -0.3 is 89.9 Å². The summed E-state index contributed by atoms with van der Waals surface area (Å²) in [6, 6.07) is 0. The molecular weight excluding hydrogens is 1220 g/mol. The Balaban J connectivity index is -0.000000109. The zero-order chi connectivity index (χ0) is 74.2. The van der Waals surface area contributed by atoms with Crippen LogP contribution in [0.4, 0.5) is 0 Å². The third-order valence-corrected chi connectivity index (χ3v) is 10.5. The lowest BCUT2D eigenvalue weighted by molar-refractivity contribution is -0.146. The van der Waals surface area contributed by atoms with Crippen molar-refractivity contribution in [1.29, 1.82) is 0 Å². The third kappa shape index (κ3) is 91.9. The van der Waals surface area contributed by atoms with Crippen LogP contribution in [-0.2, 0) is 100 Å². The highest BCUT2D eigenvalue weighted by molar-refractivity contribution is 5.85. The number of carbonyl (C=O) groups excluding carboxylic acids is 10. The number of ether oxygens (including phenoxy) is 9. The van der Waals surface area contributed by atoms with E-state index in [-0.39, 0.29) is 138 Å². The minimum atomic E-state index is -0.956. The first-order valence-electron chi connectivity index (χ1n) is 32.2. The summed E-state index contributed by atoms with van der Waals surface area (Å²) >= 11 is 0. The lowest BCUT2D eigenvalue weighted by Gasteiger charge is -2.15. The molecule has 0 saturated heterocycles. The van der Waals surface area contributed by atoms with Gasteiger partial charge in [0.25, 0.3) is 0 Å². The van der Waals surface area contributed by atoms with Gasteiger partial charge in [-0.1, -0.05) is 96.9 Å². The molecule has 0 aliphatic heterocycles. The van der Waals surface area contributed by atoms with E-state index in [0.29, 0.717) is 72.6 Å². The van der Waals surface area contributed by atoms with Gasteiger partial charge in [-0.3, -0.25) is 57.5 Å². The molecule has 0 radical (unpaired) electrons. The summed E-state index contributed by atoms with van der Waals surface area (Å²) in [5.74, 6) is -7.03. The molecule has 0 rings (SSSR count). The molecule has 554 valence electrons. The first kappa shape index (κ1) is 108. The van der Waals surface area contributed by atoms with Crippen molar-refractivity contribution >= 4 is 71.3 Å². The second-order valence-electron chi connectivity index (χ2n) is 17.3. The number of hydrogen-bond acceptors (Lipinski definition) is 22. The Morgan fingerprint density at radius 1 is 0.344 bits per heavy atom. The zero-order valence-electron chi connectivity index (χ0n) is 60.6. The minimum Gasteiger partial charge on any atom is -0.481 e. The van der Waals surface area contributed by atoms with Crippen LogP contribution in [-0.4, -0.2) is 227 Å². The summed E-state index contributed by atoms with van der Waals surface area (Å²) in [6.07, 6.45) is 2.94. The second-order valence-corrected chi connectivity index (χ2v) is 17.3. The summed E-state index contributed by atoms with van der Waals surface area (Å²) in [6.45, 7) is 36.1. The molecule has 0 saturated carbocycles. The molecule has 4 unspecified atom stereocenters. The van der Waals surface area contributed by atoms with E-state index in [9.17, 15) is 57.5 Å². The van der Waals surface area contributed by atoms with Crippen molar-refractivity contribution < 1.29 is 115 Å². The smallest absolute Gasteiger partial charge is 0.307 e. The number of hydrogen-bond donors (Lipinski definition) is 9. The van der Waals surface area contributed by atoms with E-state index in [1.807, 2.05) is 83.1 Å². The maximum atomic E-state index is 11.5. The molecule has 93 heavy (non-hydrogen) atoms. The number of aliphatic hydroxyl groups is 1. The van der Waals surface area contributed by atoms with Gasteiger partial charge in [0.2, 0.25) is 35.4 Å². The van der Waals surface area contributed by atoms with Crippen molar-refractivity contribution in [3.05, 3.63) is 0 Å². The van der Waals surface area contributed by atoms with E-state index in [2.05, 4.69) is 41.4 Å². The van der Waals surface area contributed by atoms with Crippen LogP contribution in [0.25, 0.3) is 0 Å². The molecule has 0 aliphatic rings. The normalized spacial score (nSPS) is 10.5. The number of aliphatic hydroxyl groups excluding tert-OH is 1. The molecule has 0 aliphatic carbocycles. The molecule has 0 fully saturated rings. The Morgan fingerprint density at radius 3 is 0.860 bits per heavy atom. The highest BCUT2D eigenvalue weighted by atomic mass is 16.6. The number of rotatable bonds is 41. The quantitative estimate of drug-likeness (QED) is 0.0225. The lowest BCUT2D eigenvalue weighted by atomic mass is 9.95. The Morgan fingerprint density at radius 2 is 0.602 bits per heavy atom. The molecule has 0 spiro atoms. The maximum absolute atomic E-state index is 11.5. The van der Waals surface area contributed by atoms with Gasteiger partial charge in [-0.05, 0) is 26.7 Å². The molecule has 6 amide bonds. The lowest BCUT2D eigenvalue weighted by Crippen LogP contribution is -2.36. The Bertz CT molecular complexity index is 1800. The Hall–Kier alpha value is -6.60. The molecule has 30 heteroatoms. The van der Waals surface area contributed by atoms with Gasteiger partial charge in [0.15, 0.2) is 0 Å². The van der Waals surface area contributed by atoms with Crippen LogP contribution < -0.4 is 31.9 Å². The van der Waals surface area contributed by atoms with Crippen LogP contribution in [0, 0.1) is 23.7 Å². The van der Waals surface area contributed by atoms with Gasteiger partial charge in [-0.2, -0.15) is 0 Å². The molecule has 30 nitrogen and oxygen atoms in total. The molecule has 4 atom stereocenters. The molecular formula is C63H128N6O24. The first-order valence-corrected chi connectivity index (χ1v) is 32.2. The summed E-state index contributed by atoms with van der Waals surface area (Å²) in [5, 5.41) is 40.7. The fraction of sp³-hybridized carbons (Fsp3) is 0.810.